The Morgan fingerprint density at radius 2 is 1.76 bits per heavy atom. The number of sulfonamides is 1. The monoisotopic (exact) mass is 473 g/mol. The number of alkyl halides is 2. The molecule has 0 saturated carbocycles. The number of rotatable bonds is 6. The van der Waals surface area contributed by atoms with Crippen molar-refractivity contribution in [2.75, 3.05) is 17.7 Å². The average molecular weight is 475 g/mol. The van der Waals surface area contributed by atoms with Gasteiger partial charge in [0.15, 0.2) is 0 Å². The molecular weight excluding hydrogens is 458 g/mol. The maximum absolute atomic E-state index is 11.3. The molecule has 0 atom stereocenters. The van der Waals surface area contributed by atoms with Gasteiger partial charge < -0.3 is 0 Å². The molecule has 0 saturated heterocycles. The van der Waals surface area contributed by atoms with Gasteiger partial charge in [0.05, 0.1) is 0 Å². The summed E-state index contributed by atoms with van der Waals surface area (Å²) in [6.07, 6.45) is 2.03. The van der Waals surface area contributed by atoms with Gasteiger partial charge in [-0.1, -0.05) is 37.9 Å². The second-order valence-corrected chi connectivity index (χ2v) is 9.79. The van der Waals surface area contributed by atoms with Gasteiger partial charge in [-0.25, -0.2) is 13.1 Å². The summed E-state index contributed by atoms with van der Waals surface area (Å²) in [5, 5.41) is 4.04. The minimum absolute atomic E-state index is 0.381. The Morgan fingerprint density at radius 1 is 1.10 bits per heavy atom. The highest BCUT2D eigenvalue weighted by molar-refractivity contribution is 9.09. The first-order chi connectivity index (χ1) is 10.0. The summed E-state index contributed by atoms with van der Waals surface area (Å²) in [7, 11) is -1.83. The topological polar surface area (TPSA) is 46.2 Å². The largest absolute Gasteiger partial charge is 0.249 e. The normalized spacial score (nSPS) is 11.0. The predicted molar refractivity (Wildman–Crippen MR) is 99.9 cm³/mol. The Bertz CT molecular complexity index is 609. The minimum atomic E-state index is -3.24. The first kappa shape index (κ1) is 19.3. The van der Waals surface area contributed by atoms with Crippen LogP contribution in [0.5, 0.6) is 0 Å². The van der Waals surface area contributed by atoms with Crippen LogP contribution in [0, 0.1) is 0 Å². The van der Waals surface area contributed by atoms with E-state index in [1.165, 1.54) is 23.3 Å². The number of halogens is 2. The fraction of sp³-hybridized carbons (Fsp3) is 0.385. The van der Waals surface area contributed by atoms with Crippen molar-refractivity contribution < 1.29 is 8.42 Å². The number of hydrogen-bond acceptors (Lipinski definition) is 4. The summed E-state index contributed by atoms with van der Waals surface area (Å²) < 4.78 is 25.3. The Balaban J connectivity index is 0.000000235. The summed E-state index contributed by atoms with van der Waals surface area (Å²) in [4.78, 5) is 2.53. The van der Waals surface area contributed by atoms with Gasteiger partial charge in [-0.05, 0) is 43.5 Å². The van der Waals surface area contributed by atoms with E-state index >= 15 is 0 Å². The molecule has 2 aromatic heterocycles. The molecule has 3 nitrogen and oxygen atoms in total. The molecule has 0 amide bonds. The number of thiophene rings is 2. The van der Waals surface area contributed by atoms with Crippen molar-refractivity contribution in [3.8, 4) is 0 Å². The van der Waals surface area contributed by atoms with Gasteiger partial charge in [0.25, 0.3) is 0 Å². The third-order valence-electron chi connectivity index (χ3n) is 2.43. The van der Waals surface area contributed by atoms with Crippen molar-refractivity contribution in [2.24, 2.45) is 0 Å². The zero-order valence-electron chi connectivity index (χ0n) is 11.5. The van der Waals surface area contributed by atoms with Gasteiger partial charge >= 0.3 is 0 Å². The minimum Gasteiger partial charge on any atom is -0.214 e. The molecule has 0 aromatic carbocycles. The molecule has 2 heterocycles. The van der Waals surface area contributed by atoms with Gasteiger partial charge in [-0.15, -0.1) is 22.7 Å². The summed E-state index contributed by atoms with van der Waals surface area (Å²) >= 11 is 9.81. The first-order valence-corrected chi connectivity index (χ1v) is 11.6. The molecule has 0 aliphatic heterocycles. The zero-order chi connectivity index (χ0) is 15.7. The Labute approximate surface area is 151 Å². The molecule has 0 fully saturated rings. The Kier molecular flexibility index (Phi) is 9.31. The van der Waals surface area contributed by atoms with Crippen LogP contribution in [0.4, 0.5) is 0 Å². The van der Waals surface area contributed by atoms with Crippen LogP contribution in [0.2, 0.25) is 0 Å². The molecule has 118 valence electrons. The highest BCUT2D eigenvalue weighted by Crippen LogP contribution is 2.21. The quantitative estimate of drug-likeness (QED) is 0.635. The molecule has 2 aromatic rings. The van der Waals surface area contributed by atoms with Crippen molar-refractivity contribution in [1.29, 1.82) is 0 Å². The number of hydrogen-bond donors (Lipinski definition) is 1. The second kappa shape index (κ2) is 10.1. The van der Waals surface area contributed by atoms with Crippen molar-refractivity contribution in [1.82, 2.24) is 4.72 Å². The van der Waals surface area contributed by atoms with Gasteiger partial charge in [-0.2, -0.15) is 0 Å². The molecule has 0 radical (unpaired) electrons. The summed E-state index contributed by atoms with van der Waals surface area (Å²) in [6.45, 7) is 0. The predicted octanol–water partition coefficient (Wildman–Crippen LogP) is 4.28. The van der Waals surface area contributed by atoms with E-state index in [4.69, 9.17) is 0 Å². The summed E-state index contributed by atoms with van der Waals surface area (Å²) in [5.41, 5.74) is 0. The maximum Gasteiger partial charge on any atom is 0.249 e. The highest BCUT2D eigenvalue weighted by atomic mass is 79.9. The Hall–Kier alpha value is 0.270. The lowest BCUT2D eigenvalue weighted by atomic mass is 10.4. The fourth-order valence-electron chi connectivity index (χ4n) is 1.38. The number of aryl methyl sites for hydroxylation is 2. The van der Waals surface area contributed by atoms with Crippen molar-refractivity contribution in [3.05, 3.63) is 39.4 Å². The van der Waals surface area contributed by atoms with Crippen LogP contribution in [-0.4, -0.2) is 26.1 Å². The Morgan fingerprint density at radius 3 is 2.29 bits per heavy atom. The van der Waals surface area contributed by atoms with E-state index < -0.39 is 10.0 Å². The molecule has 21 heavy (non-hydrogen) atoms. The van der Waals surface area contributed by atoms with Gasteiger partial charge in [0, 0.05) is 20.4 Å². The van der Waals surface area contributed by atoms with Crippen LogP contribution in [-0.2, 0) is 22.9 Å². The van der Waals surface area contributed by atoms with Crippen molar-refractivity contribution in [2.45, 2.75) is 17.1 Å². The second-order valence-electron chi connectivity index (χ2n) is 3.89. The fourth-order valence-corrected chi connectivity index (χ4v) is 5.66. The zero-order valence-corrected chi connectivity index (χ0v) is 17.1. The van der Waals surface area contributed by atoms with Crippen molar-refractivity contribution in [3.63, 3.8) is 0 Å². The number of nitrogens with one attached hydrogen (secondary N) is 1. The van der Waals surface area contributed by atoms with Crippen LogP contribution in [0.15, 0.2) is 33.9 Å². The lowest BCUT2D eigenvalue weighted by Gasteiger charge is -1.96. The maximum atomic E-state index is 11.3. The molecule has 0 bridgehead atoms. The molecular formula is C13H17Br2NO2S3. The van der Waals surface area contributed by atoms with E-state index in [1.807, 2.05) is 17.4 Å². The standard InChI is InChI=1S/C7H10BrNO2S2.C6H7BrS/c1-9-13(10,11)7-3-2-6(12-7)4-5-8;7-4-3-6-2-1-5-8-6/h2-3,9H,4-5H2,1H3;1-2,5H,3-4H2. The van der Waals surface area contributed by atoms with Crippen LogP contribution in [0.3, 0.4) is 0 Å². The third-order valence-corrected chi connectivity index (χ3v) is 7.21. The molecule has 8 heteroatoms. The third kappa shape index (κ3) is 6.92. The summed E-state index contributed by atoms with van der Waals surface area (Å²) in [5.74, 6) is 0. The lowest BCUT2D eigenvalue weighted by Crippen LogP contribution is -2.17. The highest BCUT2D eigenvalue weighted by Gasteiger charge is 2.13. The average Bonchev–Trinajstić information content (AvgIpc) is 3.12. The van der Waals surface area contributed by atoms with E-state index in [0.29, 0.717) is 4.21 Å². The van der Waals surface area contributed by atoms with Gasteiger partial charge in [0.1, 0.15) is 4.21 Å². The van der Waals surface area contributed by atoms with Crippen LogP contribution in [0.1, 0.15) is 9.75 Å². The van der Waals surface area contributed by atoms with E-state index in [0.717, 1.165) is 28.4 Å². The molecule has 0 aliphatic carbocycles. The van der Waals surface area contributed by atoms with E-state index in [9.17, 15) is 8.42 Å². The molecule has 2 rings (SSSR count). The smallest absolute Gasteiger partial charge is 0.214 e. The lowest BCUT2D eigenvalue weighted by molar-refractivity contribution is 0.590. The molecule has 1 N–H and O–H groups in total. The van der Waals surface area contributed by atoms with Gasteiger partial charge in [-0.3, -0.25) is 0 Å². The molecule has 0 unspecified atom stereocenters. The summed E-state index contributed by atoms with van der Waals surface area (Å²) in [6, 6.07) is 7.72. The van der Waals surface area contributed by atoms with Crippen LogP contribution in [0.25, 0.3) is 0 Å². The van der Waals surface area contributed by atoms with Crippen molar-refractivity contribution >= 4 is 64.6 Å². The van der Waals surface area contributed by atoms with E-state index in [2.05, 4.69) is 54.1 Å². The molecule has 0 aliphatic rings. The van der Waals surface area contributed by atoms with Gasteiger partial charge in [0.2, 0.25) is 10.0 Å². The van der Waals surface area contributed by atoms with Crippen LogP contribution < -0.4 is 4.72 Å². The van der Waals surface area contributed by atoms with Crippen LogP contribution >= 0.6 is 54.5 Å². The first-order valence-electron chi connectivity index (χ1n) is 6.20. The SMILES string of the molecule is BrCCc1cccs1.CNS(=O)(=O)c1ccc(CCBr)s1. The van der Waals surface area contributed by atoms with E-state index in [1.54, 1.807) is 6.07 Å². The van der Waals surface area contributed by atoms with E-state index in [-0.39, 0.29) is 0 Å². The molecule has 0 spiro atoms.